The van der Waals surface area contributed by atoms with E-state index in [1.807, 2.05) is 68.4 Å². The minimum absolute atomic E-state index is 0.0389. The molecule has 0 saturated heterocycles. The van der Waals surface area contributed by atoms with Gasteiger partial charge < -0.3 is 14.8 Å². The first-order chi connectivity index (χ1) is 11.2. The van der Waals surface area contributed by atoms with E-state index >= 15 is 0 Å². The van der Waals surface area contributed by atoms with Crippen LogP contribution in [0.5, 0.6) is 11.5 Å². The standard InChI is InChI=1S/C19H24N2O2/c1-3-22-17-10-7-11-18(13-17)23-15(2)14-21-19(20)12-16-8-5-4-6-9-16/h4-11,13,15H,3,12,14H2,1-2H3,(H2,20,21). The van der Waals surface area contributed by atoms with Gasteiger partial charge in [-0.3, -0.25) is 5.41 Å². The van der Waals surface area contributed by atoms with Gasteiger partial charge in [-0.2, -0.15) is 0 Å². The largest absolute Gasteiger partial charge is 0.494 e. The van der Waals surface area contributed by atoms with Gasteiger partial charge in [0.1, 0.15) is 17.6 Å². The fourth-order valence-corrected chi connectivity index (χ4v) is 2.21. The van der Waals surface area contributed by atoms with Crippen LogP contribution in [0.3, 0.4) is 0 Å². The van der Waals surface area contributed by atoms with Crippen molar-refractivity contribution in [3.63, 3.8) is 0 Å². The van der Waals surface area contributed by atoms with Crippen molar-refractivity contribution < 1.29 is 9.47 Å². The van der Waals surface area contributed by atoms with Crippen LogP contribution in [0.4, 0.5) is 0 Å². The molecular weight excluding hydrogens is 288 g/mol. The van der Waals surface area contributed by atoms with Gasteiger partial charge in [-0.1, -0.05) is 36.4 Å². The highest BCUT2D eigenvalue weighted by atomic mass is 16.5. The number of nitrogens with one attached hydrogen (secondary N) is 2. The van der Waals surface area contributed by atoms with E-state index in [2.05, 4.69) is 5.32 Å². The maximum absolute atomic E-state index is 8.00. The third-order valence-corrected chi connectivity index (χ3v) is 3.28. The zero-order chi connectivity index (χ0) is 16.5. The zero-order valence-corrected chi connectivity index (χ0v) is 13.7. The van der Waals surface area contributed by atoms with Crippen LogP contribution in [0.1, 0.15) is 19.4 Å². The summed E-state index contributed by atoms with van der Waals surface area (Å²) in [6, 6.07) is 17.6. The van der Waals surface area contributed by atoms with Gasteiger partial charge in [-0.25, -0.2) is 0 Å². The summed E-state index contributed by atoms with van der Waals surface area (Å²) in [5.41, 5.74) is 1.13. The van der Waals surface area contributed by atoms with Crippen molar-refractivity contribution in [1.82, 2.24) is 5.32 Å². The van der Waals surface area contributed by atoms with Gasteiger partial charge in [0.25, 0.3) is 0 Å². The first-order valence-electron chi connectivity index (χ1n) is 7.92. The predicted molar refractivity (Wildman–Crippen MR) is 93.6 cm³/mol. The van der Waals surface area contributed by atoms with E-state index in [9.17, 15) is 0 Å². The summed E-state index contributed by atoms with van der Waals surface area (Å²) in [7, 11) is 0. The van der Waals surface area contributed by atoms with Crippen molar-refractivity contribution in [3.8, 4) is 11.5 Å². The molecule has 1 unspecified atom stereocenters. The Hall–Kier alpha value is -2.49. The molecule has 0 spiro atoms. The topological polar surface area (TPSA) is 54.3 Å². The predicted octanol–water partition coefficient (Wildman–Crippen LogP) is 3.66. The molecule has 122 valence electrons. The van der Waals surface area contributed by atoms with Crippen LogP contribution in [0.25, 0.3) is 0 Å². The van der Waals surface area contributed by atoms with E-state index in [4.69, 9.17) is 14.9 Å². The second kappa shape index (κ2) is 8.83. The molecule has 1 atom stereocenters. The molecule has 0 radical (unpaired) electrons. The van der Waals surface area contributed by atoms with Crippen molar-refractivity contribution in [1.29, 1.82) is 5.41 Å². The molecule has 0 bridgehead atoms. The fourth-order valence-electron chi connectivity index (χ4n) is 2.21. The molecule has 2 N–H and O–H groups in total. The second-order valence-corrected chi connectivity index (χ2v) is 5.36. The molecule has 23 heavy (non-hydrogen) atoms. The molecule has 0 saturated carbocycles. The van der Waals surface area contributed by atoms with Crippen LogP contribution in [-0.2, 0) is 6.42 Å². The van der Waals surface area contributed by atoms with Crippen LogP contribution >= 0.6 is 0 Å². The minimum atomic E-state index is -0.0389. The SMILES string of the molecule is CCOc1cccc(OC(C)CNC(=N)Cc2ccccc2)c1. The van der Waals surface area contributed by atoms with Gasteiger partial charge in [0.2, 0.25) is 0 Å². The second-order valence-electron chi connectivity index (χ2n) is 5.36. The van der Waals surface area contributed by atoms with Gasteiger partial charge >= 0.3 is 0 Å². The molecule has 0 fully saturated rings. The van der Waals surface area contributed by atoms with Crippen molar-refractivity contribution in [2.75, 3.05) is 13.2 Å². The lowest BCUT2D eigenvalue weighted by Crippen LogP contribution is -2.34. The van der Waals surface area contributed by atoms with Gasteiger partial charge in [0.15, 0.2) is 0 Å². The van der Waals surface area contributed by atoms with Crippen molar-refractivity contribution in [3.05, 3.63) is 60.2 Å². The van der Waals surface area contributed by atoms with Gasteiger partial charge in [0, 0.05) is 12.5 Å². The zero-order valence-electron chi connectivity index (χ0n) is 13.7. The lowest BCUT2D eigenvalue weighted by Gasteiger charge is -2.17. The summed E-state index contributed by atoms with van der Waals surface area (Å²) in [6.45, 7) is 5.16. The average molecular weight is 312 g/mol. The van der Waals surface area contributed by atoms with Crippen molar-refractivity contribution in [2.24, 2.45) is 0 Å². The van der Waals surface area contributed by atoms with Crippen molar-refractivity contribution in [2.45, 2.75) is 26.4 Å². The number of ether oxygens (including phenoxy) is 2. The number of hydrogen-bond acceptors (Lipinski definition) is 3. The first-order valence-corrected chi connectivity index (χ1v) is 7.92. The Morgan fingerprint density at radius 3 is 2.57 bits per heavy atom. The highest BCUT2D eigenvalue weighted by molar-refractivity contribution is 5.81. The molecule has 0 aliphatic rings. The fraction of sp³-hybridized carbons (Fsp3) is 0.316. The number of hydrogen-bond donors (Lipinski definition) is 2. The van der Waals surface area contributed by atoms with Gasteiger partial charge in [0.05, 0.1) is 19.0 Å². The maximum Gasteiger partial charge on any atom is 0.123 e. The molecular formula is C19H24N2O2. The Morgan fingerprint density at radius 1 is 1.09 bits per heavy atom. The summed E-state index contributed by atoms with van der Waals surface area (Å²) in [4.78, 5) is 0. The van der Waals surface area contributed by atoms with E-state index in [1.54, 1.807) is 0 Å². The molecule has 2 aromatic carbocycles. The van der Waals surface area contributed by atoms with E-state index < -0.39 is 0 Å². The van der Waals surface area contributed by atoms with Crippen LogP contribution in [-0.4, -0.2) is 25.1 Å². The monoisotopic (exact) mass is 312 g/mol. The summed E-state index contributed by atoms with van der Waals surface area (Å²) in [5.74, 6) is 2.08. The Morgan fingerprint density at radius 2 is 1.83 bits per heavy atom. The van der Waals surface area contributed by atoms with Crippen LogP contribution < -0.4 is 14.8 Å². The Labute approximate surface area is 138 Å². The summed E-state index contributed by atoms with van der Waals surface area (Å²) >= 11 is 0. The molecule has 4 nitrogen and oxygen atoms in total. The minimum Gasteiger partial charge on any atom is -0.494 e. The quantitative estimate of drug-likeness (QED) is 0.578. The maximum atomic E-state index is 8.00. The van der Waals surface area contributed by atoms with Crippen LogP contribution in [0.15, 0.2) is 54.6 Å². The first kappa shape index (κ1) is 16.9. The molecule has 0 amide bonds. The number of rotatable bonds is 8. The highest BCUT2D eigenvalue weighted by Gasteiger charge is 2.06. The third-order valence-electron chi connectivity index (χ3n) is 3.28. The molecule has 0 aromatic heterocycles. The van der Waals surface area contributed by atoms with Gasteiger partial charge in [-0.15, -0.1) is 0 Å². The Kier molecular flexibility index (Phi) is 6.48. The molecule has 4 heteroatoms. The third kappa shape index (κ3) is 6.02. The molecule has 2 aromatic rings. The Balaban J connectivity index is 1.77. The van der Waals surface area contributed by atoms with Crippen LogP contribution in [0.2, 0.25) is 0 Å². The number of amidine groups is 1. The van der Waals surface area contributed by atoms with E-state index in [-0.39, 0.29) is 6.10 Å². The molecule has 2 rings (SSSR count). The normalized spacial score (nSPS) is 11.6. The molecule has 0 heterocycles. The summed E-state index contributed by atoms with van der Waals surface area (Å²) < 4.78 is 11.3. The average Bonchev–Trinajstić information content (AvgIpc) is 2.55. The smallest absolute Gasteiger partial charge is 0.123 e. The van der Waals surface area contributed by atoms with Gasteiger partial charge in [-0.05, 0) is 31.5 Å². The lowest BCUT2D eigenvalue weighted by molar-refractivity contribution is 0.222. The van der Waals surface area contributed by atoms with E-state index in [1.165, 1.54) is 0 Å². The van der Waals surface area contributed by atoms with Crippen LogP contribution in [0, 0.1) is 5.41 Å². The van der Waals surface area contributed by atoms with Crippen molar-refractivity contribution >= 4 is 5.84 Å². The Bertz CT molecular complexity index is 614. The van der Waals surface area contributed by atoms with E-state index in [0.717, 1.165) is 17.1 Å². The summed E-state index contributed by atoms with van der Waals surface area (Å²) in [5, 5.41) is 11.1. The number of benzene rings is 2. The van der Waals surface area contributed by atoms with E-state index in [0.29, 0.717) is 25.4 Å². The lowest BCUT2D eigenvalue weighted by atomic mass is 10.1. The molecule has 0 aliphatic carbocycles. The molecule has 0 aliphatic heterocycles. The highest BCUT2D eigenvalue weighted by Crippen LogP contribution is 2.20. The summed E-state index contributed by atoms with van der Waals surface area (Å²) in [6.07, 6.45) is 0.566.